The first-order valence-electron chi connectivity index (χ1n) is 3.92. The van der Waals surface area contributed by atoms with E-state index in [1.807, 2.05) is 0 Å². The summed E-state index contributed by atoms with van der Waals surface area (Å²) >= 11 is 0. The second-order valence-electron chi connectivity index (χ2n) is 2.55. The third-order valence-corrected chi connectivity index (χ3v) is 1.48. The van der Waals surface area contributed by atoms with E-state index in [0.717, 1.165) is 0 Å². The van der Waals surface area contributed by atoms with Crippen LogP contribution in [0, 0.1) is 11.8 Å². The highest BCUT2D eigenvalue weighted by Gasteiger charge is 1.96. The molecule has 0 aliphatic carbocycles. The maximum absolute atomic E-state index is 9.31. The Balaban J connectivity index is 2.89. The van der Waals surface area contributed by atoms with Gasteiger partial charge in [0.2, 0.25) is 0 Å². The number of nitrogen functional groups attached to an aromatic ring is 1. The number of aromatic hydroxyl groups is 1. The first kappa shape index (κ1) is 9.43. The molecule has 1 aromatic carbocycles. The van der Waals surface area contributed by atoms with Crippen LogP contribution >= 0.6 is 0 Å². The van der Waals surface area contributed by atoms with E-state index in [2.05, 4.69) is 11.8 Å². The van der Waals surface area contributed by atoms with Crippen molar-refractivity contribution in [3.8, 4) is 17.6 Å². The summed E-state index contributed by atoms with van der Waals surface area (Å²) in [5.74, 6) is 5.53. The molecule has 0 aliphatic rings. The molecule has 0 amide bonds. The zero-order valence-electron chi connectivity index (χ0n) is 7.12. The van der Waals surface area contributed by atoms with Crippen molar-refractivity contribution in [3.05, 3.63) is 23.8 Å². The van der Waals surface area contributed by atoms with Crippen molar-refractivity contribution in [2.24, 2.45) is 0 Å². The number of hydrogen-bond acceptors (Lipinski definition) is 3. The summed E-state index contributed by atoms with van der Waals surface area (Å²) in [6.07, 6.45) is 0.397. The Hall–Kier alpha value is -1.66. The molecule has 0 bridgehead atoms. The van der Waals surface area contributed by atoms with Crippen LogP contribution in [-0.2, 0) is 0 Å². The minimum Gasteiger partial charge on any atom is -0.507 e. The van der Waals surface area contributed by atoms with Gasteiger partial charge in [-0.3, -0.25) is 0 Å². The number of phenolic OH excluding ortho intramolecular Hbond substituents is 1. The fraction of sp³-hybridized carbons (Fsp3) is 0.200. The molecule has 0 radical (unpaired) electrons. The standard InChI is InChI=1S/C10H11NO2/c11-9-4-5-10(13)8(7-9)3-1-2-6-12/h4-5,7,12-13H,2,6,11H2. The lowest BCUT2D eigenvalue weighted by atomic mass is 10.2. The van der Waals surface area contributed by atoms with Gasteiger partial charge in [0.15, 0.2) is 0 Å². The maximum Gasteiger partial charge on any atom is 0.131 e. The minimum atomic E-state index is 0.0239. The highest BCUT2D eigenvalue weighted by molar-refractivity contribution is 5.54. The molecule has 0 atom stereocenters. The highest BCUT2D eigenvalue weighted by atomic mass is 16.3. The maximum atomic E-state index is 9.31. The summed E-state index contributed by atoms with van der Waals surface area (Å²) in [4.78, 5) is 0. The van der Waals surface area contributed by atoms with Crippen molar-refractivity contribution in [3.63, 3.8) is 0 Å². The van der Waals surface area contributed by atoms with Crippen LogP contribution < -0.4 is 5.73 Å². The third-order valence-electron chi connectivity index (χ3n) is 1.48. The van der Waals surface area contributed by atoms with Crippen LogP contribution in [0.25, 0.3) is 0 Å². The monoisotopic (exact) mass is 177 g/mol. The zero-order chi connectivity index (χ0) is 9.68. The molecule has 0 saturated heterocycles. The van der Waals surface area contributed by atoms with Crippen LogP contribution in [0.1, 0.15) is 12.0 Å². The zero-order valence-corrected chi connectivity index (χ0v) is 7.12. The van der Waals surface area contributed by atoms with Gasteiger partial charge in [-0.15, -0.1) is 0 Å². The van der Waals surface area contributed by atoms with E-state index in [-0.39, 0.29) is 12.4 Å². The van der Waals surface area contributed by atoms with E-state index < -0.39 is 0 Å². The Kier molecular flexibility index (Phi) is 3.18. The summed E-state index contributed by atoms with van der Waals surface area (Å²) in [5.41, 5.74) is 6.56. The van der Waals surface area contributed by atoms with E-state index in [0.29, 0.717) is 17.7 Å². The molecule has 4 N–H and O–H groups in total. The van der Waals surface area contributed by atoms with Crippen LogP contribution in [-0.4, -0.2) is 16.8 Å². The smallest absolute Gasteiger partial charge is 0.131 e. The van der Waals surface area contributed by atoms with Crippen molar-refractivity contribution in [2.45, 2.75) is 6.42 Å². The Morgan fingerprint density at radius 3 is 2.85 bits per heavy atom. The summed E-state index contributed by atoms with van der Waals surface area (Å²) in [6, 6.07) is 4.70. The molecule has 3 heteroatoms. The van der Waals surface area contributed by atoms with Crippen LogP contribution in [0.3, 0.4) is 0 Å². The largest absolute Gasteiger partial charge is 0.507 e. The molecular formula is C10H11NO2. The minimum absolute atomic E-state index is 0.0239. The molecule has 13 heavy (non-hydrogen) atoms. The number of phenols is 1. The second-order valence-corrected chi connectivity index (χ2v) is 2.55. The van der Waals surface area contributed by atoms with Crippen molar-refractivity contribution < 1.29 is 10.2 Å². The Labute approximate surface area is 76.8 Å². The summed E-state index contributed by atoms with van der Waals surface area (Å²) in [5, 5.41) is 17.8. The quantitative estimate of drug-likeness (QED) is 0.336. The van der Waals surface area contributed by atoms with E-state index in [1.165, 1.54) is 6.07 Å². The number of aliphatic hydroxyl groups excluding tert-OH is 1. The molecule has 68 valence electrons. The van der Waals surface area contributed by atoms with Crippen LogP contribution in [0.5, 0.6) is 5.75 Å². The molecule has 0 heterocycles. The Bertz CT molecular complexity index is 350. The normalized spacial score (nSPS) is 9.00. The molecule has 0 saturated carbocycles. The average Bonchev–Trinajstić information content (AvgIpc) is 2.11. The Morgan fingerprint density at radius 2 is 2.15 bits per heavy atom. The molecule has 0 aliphatic heterocycles. The van der Waals surface area contributed by atoms with E-state index >= 15 is 0 Å². The predicted octanol–water partition coefficient (Wildman–Crippen LogP) is 0.708. The number of aliphatic hydroxyl groups is 1. The van der Waals surface area contributed by atoms with Gasteiger partial charge in [-0.25, -0.2) is 0 Å². The lowest BCUT2D eigenvalue weighted by Gasteiger charge is -1.97. The van der Waals surface area contributed by atoms with Gasteiger partial charge in [-0.1, -0.05) is 11.8 Å². The van der Waals surface area contributed by atoms with E-state index in [9.17, 15) is 5.11 Å². The molecule has 0 spiro atoms. The number of benzene rings is 1. The van der Waals surface area contributed by atoms with Crippen molar-refractivity contribution >= 4 is 5.69 Å². The number of hydrogen-bond donors (Lipinski definition) is 3. The Morgan fingerprint density at radius 1 is 1.38 bits per heavy atom. The van der Waals surface area contributed by atoms with E-state index in [1.54, 1.807) is 12.1 Å². The number of rotatable bonds is 1. The number of anilines is 1. The molecule has 1 rings (SSSR count). The molecule has 0 unspecified atom stereocenters. The summed E-state index contributed by atoms with van der Waals surface area (Å²) < 4.78 is 0. The second kappa shape index (κ2) is 4.39. The predicted molar refractivity (Wildman–Crippen MR) is 51.1 cm³/mol. The molecule has 0 fully saturated rings. The fourth-order valence-corrected chi connectivity index (χ4v) is 0.867. The highest BCUT2D eigenvalue weighted by Crippen LogP contribution is 2.18. The third kappa shape index (κ3) is 2.69. The van der Waals surface area contributed by atoms with Crippen molar-refractivity contribution in [2.75, 3.05) is 12.3 Å². The lowest BCUT2D eigenvalue weighted by Crippen LogP contribution is -1.86. The first-order valence-corrected chi connectivity index (χ1v) is 3.92. The summed E-state index contributed by atoms with van der Waals surface area (Å²) in [7, 11) is 0. The molecule has 3 nitrogen and oxygen atoms in total. The first-order chi connectivity index (χ1) is 6.24. The molecule has 1 aromatic rings. The van der Waals surface area contributed by atoms with Crippen molar-refractivity contribution in [1.82, 2.24) is 0 Å². The summed E-state index contributed by atoms with van der Waals surface area (Å²) in [6.45, 7) is 0.0239. The SMILES string of the molecule is Nc1ccc(O)c(C#CCCO)c1. The molecule has 0 aromatic heterocycles. The van der Waals surface area contributed by atoms with Gasteiger partial charge in [0, 0.05) is 12.1 Å². The van der Waals surface area contributed by atoms with E-state index in [4.69, 9.17) is 10.8 Å². The lowest BCUT2D eigenvalue weighted by molar-refractivity contribution is 0.305. The van der Waals surface area contributed by atoms with Crippen LogP contribution in [0.15, 0.2) is 18.2 Å². The van der Waals surface area contributed by atoms with Gasteiger partial charge in [-0.05, 0) is 18.2 Å². The fourth-order valence-electron chi connectivity index (χ4n) is 0.867. The van der Waals surface area contributed by atoms with Crippen molar-refractivity contribution in [1.29, 1.82) is 0 Å². The van der Waals surface area contributed by atoms with Gasteiger partial charge in [0.1, 0.15) is 5.75 Å². The van der Waals surface area contributed by atoms with Crippen LogP contribution in [0.4, 0.5) is 5.69 Å². The van der Waals surface area contributed by atoms with Gasteiger partial charge >= 0.3 is 0 Å². The van der Waals surface area contributed by atoms with Gasteiger partial charge in [-0.2, -0.15) is 0 Å². The topological polar surface area (TPSA) is 66.5 Å². The van der Waals surface area contributed by atoms with Gasteiger partial charge < -0.3 is 15.9 Å². The van der Waals surface area contributed by atoms with Gasteiger partial charge in [0.25, 0.3) is 0 Å². The number of nitrogens with two attached hydrogens (primary N) is 1. The van der Waals surface area contributed by atoms with Crippen LogP contribution in [0.2, 0.25) is 0 Å². The van der Waals surface area contributed by atoms with Gasteiger partial charge in [0.05, 0.1) is 12.2 Å². The average molecular weight is 177 g/mol. The molecular weight excluding hydrogens is 166 g/mol.